The Kier molecular flexibility index (Phi) is 4.83. The minimum Gasteiger partial charge on any atom is -0.356 e. The number of aliphatic imine (C=N–C) groups is 1. The number of benzene rings is 1. The third-order valence-corrected chi connectivity index (χ3v) is 3.78. The molecule has 0 amide bonds. The molecule has 0 aromatic heterocycles. The van der Waals surface area contributed by atoms with Crippen LogP contribution >= 0.6 is 0 Å². The molecule has 1 saturated carbocycles. The summed E-state index contributed by atoms with van der Waals surface area (Å²) in [6.45, 7) is 4.16. The highest BCUT2D eigenvalue weighted by Gasteiger charge is 2.42. The van der Waals surface area contributed by atoms with Crippen LogP contribution < -0.4 is 10.6 Å². The fourth-order valence-electron chi connectivity index (χ4n) is 2.36. The topological polar surface area (TPSA) is 36.4 Å². The van der Waals surface area contributed by atoms with Crippen LogP contribution in [-0.2, 0) is 6.42 Å². The fraction of sp³-hybridized carbons (Fsp3) is 0.562. The van der Waals surface area contributed by atoms with Crippen LogP contribution in [0.5, 0.6) is 0 Å². The van der Waals surface area contributed by atoms with E-state index < -0.39 is 0 Å². The molecule has 3 heteroatoms. The molecule has 104 valence electrons. The summed E-state index contributed by atoms with van der Waals surface area (Å²) >= 11 is 0. The van der Waals surface area contributed by atoms with Crippen molar-refractivity contribution in [2.75, 3.05) is 20.1 Å². The van der Waals surface area contributed by atoms with Crippen molar-refractivity contribution >= 4 is 5.96 Å². The van der Waals surface area contributed by atoms with Gasteiger partial charge in [-0.15, -0.1) is 0 Å². The summed E-state index contributed by atoms with van der Waals surface area (Å²) in [5.74, 6) is 0.932. The highest BCUT2D eigenvalue weighted by Crippen LogP contribution is 2.47. The van der Waals surface area contributed by atoms with Crippen LogP contribution in [-0.4, -0.2) is 26.1 Å². The Morgan fingerprint density at radius 3 is 2.53 bits per heavy atom. The van der Waals surface area contributed by atoms with Gasteiger partial charge < -0.3 is 10.6 Å². The third kappa shape index (κ3) is 4.27. The van der Waals surface area contributed by atoms with Crippen molar-refractivity contribution in [2.24, 2.45) is 10.4 Å². The van der Waals surface area contributed by atoms with E-state index in [9.17, 15) is 0 Å². The zero-order valence-corrected chi connectivity index (χ0v) is 12.1. The fourth-order valence-corrected chi connectivity index (χ4v) is 2.36. The van der Waals surface area contributed by atoms with Crippen molar-refractivity contribution in [3.63, 3.8) is 0 Å². The van der Waals surface area contributed by atoms with Crippen LogP contribution in [0.2, 0.25) is 0 Å². The van der Waals surface area contributed by atoms with Crippen LogP contribution in [0, 0.1) is 5.41 Å². The summed E-state index contributed by atoms with van der Waals surface area (Å²) in [4.78, 5) is 4.26. The first-order valence-electron chi connectivity index (χ1n) is 7.26. The van der Waals surface area contributed by atoms with Crippen molar-refractivity contribution in [1.29, 1.82) is 0 Å². The molecular formula is C16H25N3. The number of nitrogens with zero attached hydrogens (tertiary/aromatic N) is 1. The first-order valence-corrected chi connectivity index (χ1v) is 7.26. The molecule has 3 nitrogen and oxygen atoms in total. The lowest BCUT2D eigenvalue weighted by Crippen LogP contribution is -2.40. The summed E-state index contributed by atoms with van der Waals surface area (Å²) in [5, 5.41) is 6.79. The van der Waals surface area contributed by atoms with E-state index in [1.807, 2.05) is 7.05 Å². The predicted octanol–water partition coefficient (Wildman–Crippen LogP) is 2.58. The first-order chi connectivity index (χ1) is 9.28. The molecule has 0 bridgehead atoms. The predicted molar refractivity (Wildman–Crippen MR) is 81.5 cm³/mol. The Labute approximate surface area is 116 Å². The number of nitrogens with one attached hydrogen (secondary N) is 2. The lowest BCUT2D eigenvalue weighted by Gasteiger charge is -2.18. The van der Waals surface area contributed by atoms with E-state index >= 15 is 0 Å². The quantitative estimate of drug-likeness (QED) is 0.608. The van der Waals surface area contributed by atoms with E-state index in [4.69, 9.17) is 0 Å². The maximum Gasteiger partial charge on any atom is 0.190 e. The second-order valence-corrected chi connectivity index (χ2v) is 5.51. The van der Waals surface area contributed by atoms with Gasteiger partial charge in [0, 0.05) is 20.1 Å². The Morgan fingerprint density at radius 1 is 1.21 bits per heavy atom. The largest absolute Gasteiger partial charge is 0.356 e. The van der Waals surface area contributed by atoms with Crippen LogP contribution in [0.3, 0.4) is 0 Å². The van der Waals surface area contributed by atoms with Crippen molar-refractivity contribution in [2.45, 2.75) is 32.6 Å². The number of hydrogen-bond acceptors (Lipinski definition) is 1. The number of guanidine groups is 1. The highest BCUT2D eigenvalue weighted by atomic mass is 15.2. The molecule has 0 saturated heterocycles. The number of hydrogen-bond donors (Lipinski definition) is 2. The molecule has 19 heavy (non-hydrogen) atoms. The molecule has 2 rings (SSSR count). The van der Waals surface area contributed by atoms with E-state index in [-0.39, 0.29) is 0 Å². The molecule has 0 spiro atoms. The normalized spacial score (nSPS) is 17.1. The molecule has 1 aromatic rings. The van der Waals surface area contributed by atoms with Gasteiger partial charge in [0.25, 0.3) is 0 Å². The molecule has 1 fully saturated rings. The molecule has 2 N–H and O–H groups in total. The van der Waals surface area contributed by atoms with Gasteiger partial charge in [0.2, 0.25) is 0 Å². The molecule has 0 unspecified atom stereocenters. The van der Waals surface area contributed by atoms with E-state index in [1.54, 1.807) is 0 Å². The van der Waals surface area contributed by atoms with Gasteiger partial charge in [-0.2, -0.15) is 0 Å². The van der Waals surface area contributed by atoms with Gasteiger partial charge >= 0.3 is 0 Å². The lowest BCUT2D eigenvalue weighted by molar-refractivity contribution is 0.492. The standard InChI is InChI=1S/C16H25N3/c1-3-11-18-15(17-2)19-13-16(9-10-16)12-14-7-5-4-6-8-14/h4-8H,3,9-13H2,1-2H3,(H2,17,18,19). The SMILES string of the molecule is CCCNC(=NC)NCC1(Cc2ccccc2)CC1. The molecule has 1 aliphatic rings. The summed E-state index contributed by atoms with van der Waals surface area (Å²) in [6, 6.07) is 10.8. The van der Waals surface area contributed by atoms with Gasteiger partial charge in [-0.1, -0.05) is 37.3 Å². The van der Waals surface area contributed by atoms with Crippen LogP contribution in [0.25, 0.3) is 0 Å². The maximum atomic E-state index is 4.26. The van der Waals surface area contributed by atoms with Gasteiger partial charge in [-0.3, -0.25) is 4.99 Å². The van der Waals surface area contributed by atoms with E-state index in [0.717, 1.165) is 25.5 Å². The van der Waals surface area contributed by atoms with Crippen molar-refractivity contribution in [3.05, 3.63) is 35.9 Å². The highest BCUT2D eigenvalue weighted by molar-refractivity contribution is 5.79. The average molecular weight is 259 g/mol. The van der Waals surface area contributed by atoms with Crippen LogP contribution in [0.1, 0.15) is 31.7 Å². The Balaban J connectivity index is 1.82. The molecule has 1 aromatic carbocycles. The maximum absolute atomic E-state index is 4.26. The Bertz CT molecular complexity index is 407. The Morgan fingerprint density at radius 2 is 1.95 bits per heavy atom. The van der Waals surface area contributed by atoms with Gasteiger partial charge in [0.1, 0.15) is 0 Å². The summed E-state index contributed by atoms with van der Waals surface area (Å²) in [7, 11) is 1.84. The summed E-state index contributed by atoms with van der Waals surface area (Å²) < 4.78 is 0. The van der Waals surface area contributed by atoms with Crippen molar-refractivity contribution in [1.82, 2.24) is 10.6 Å². The average Bonchev–Trinajstić information content (AvgIpc) is 3.20. The van der Waals surface area contributed by atoms with Crippen LogP contribution in [0.15, 0.2) is 35.3 Å². The van der Waals surface area contributed by atoms with Gasteiger partial charge in [-0.25, -0.2) is 0 Å². The zero-order chi connectivity index (χ0) is 13.6. The molecule has 0 atom stereocenters. The molecule has 1 aliphatic carbocycles. The van der Waals surface area contributed by atoms with E-state index in [0.29, 0.717) is 5.41 Å². The van der Waals surface area contributed by atoms with Gasteiger partial charge in [0.05, 0.1) is 0 Å². The zero-order valence-electron chi connectivity index (χ0n) is 12.1. The van der Waals surface area contributed by atoms with Crippen LogP contribution in [0.4, 0.5) is 0 Å². The second kappa shape index (κ2) is 6.60. The first kappa shape index (κ1) is 13.9. The summed E-state index contributed by atoms with van der Waals surface area (Å²) in [6.07, 6.45) is 4.93. The summed E-state index contributed by atoms with van der Waals surface area (Å²) in [5.41, 5.74) is 1.89. The van der Waals surface area contributed by atoms with Crippen molar-refractivity contribution in [3.8, 4) is 0 Å². The minimum atomic E-state index is 0.450. The third-order valence-electron chi connectivity index (χ3n) is 3.78. The smallest absolute Gasteiger partial charge is 0.190 e. The van der Waals surface area contributed by atoms with E-state index in [1.165, 1.54) is 24.8 Å². The van der Waals surface area contributed by atoms with Gasteiger partial charge in [0.15, 0.2) is 5.96 Å². The lowest BCUT2D eigenvalue weighted by atomic mass is 9.96. The molecule has 0 aliphatic heterocycles. The number of rotatable bonds is 6. The monoisotopic (exact) mass is 259 g/mol. The molecule has 0 radical (unpaired) electrons. The molecular weight excluding hydrogens is 234 g/mol. The second-order valence-electron chi connectivity index (χ2n) is 5.51. The molecule has 0 heterocycles. The van der Waals surface area contributed by atoms with Crippen molar-refractivity contribution < 1.29 is 0 Å². The Hall–Kier alpha value is -1.51. The minimum absolute atomic E-state index is 0.450. The van der Waals surface area contributed by atoms with E-state index in [2.05, 4.69) is 52.9 Å². The van der Waals surface area contributed by atoms with Gasteiger partial charge in [-0.05, 0) is 36.7 Å².